The maximum Gasteiger partial charge on any atom is 0.165 e. The molecular weight excluding hydrogens is 294 g/mol. The average Bonchev–Trinajstić information content (AvgIpc) is 2.85. The number of para-hydroxylation sites is 2. The molecule has 0 radical (unpaired) electrons. The molecule has 0 fully saturated rings. The Morgan fingerprint density at radius 2 is 1.59 bits per heavy atom. The SMILES string of the molecule is NC(=S)c1c(Nc2ccccc2)nn(-c2ccccc2)c1N. The normalized spacial score (nSPS) is 10.4. The average molecular weight is 309 g/mol. The van der Waals surface area contributed by atoms with Gasteiger partial charge in [-0.2, -0.15) is 0 Å². The van der Waals surface area contributed by atoms with Crippen molar-refractivity contribution in [2.75, 3.05) is 11.1 Å². The first-order valence-corrected chi connectivity index (χ1v) is 7.13. The molecule has 5 nitrogen and oxygen atoms in total. The van der Waals surface area contributed by atoms with Crippen molar-refractivity contribution in [1.82, 2.24) is 9.78 Å². The fraction of sp³-hybridized carbons (Fsp3) is 0. The Bertz CT molecular complexity index is 796. The van der Waals surface area contributed by atoms with Crippen LogP contribution in [-0.2, 0) is 0 Å². The second kappa shape index (κ2) is 5.87. The molecule has 1 aromatic heterocycles. The largest absolute Gasteiger partial charge is 0.389 e. The highest BCUT2D eigenvalue weighted by atomic mass is 32.1. The third kappa shape index (κ3) is 2.64. The molecule has 22 heavy (non-hydrogen) atoms. The number of anilines is 3. The zero-order valence-electron chi connectivity index (χ0n) is 11.7. The molecule has 0 saturated heterocycles. The summed E-state index contributed by atoms with van der Waals surface area (Å²) in [6, 6.07) is 19.3. The van der Waals surface area contributed by atoms with Crippen LogP contribution >= 0.6 is 12.2 Å². The summed E-state index contributed by atoms with van der Waals surface area (Å²) in [6.45, 7) is 0. The second-order valence-corrected chi connectivity index (χ2v) is 5.15. The Morgan fingerprint density at radius 3 is 2.18 bits per heavy atom. The Balaban J connectivity index is 2.08. The van der Waals surface area contributed by atoms with E-state index in [0.717, 1.165) is 11.4 Å². The number of aromatic nitrogens is 2. The second-order valence-electron chi connectivity index (χ2n) is 4.71. The maximum atomic E-state index is 6.18. The summed E-state index contributed by atoms with van der Waals surface area (Å²) in [5, 5.41) is 7.71. The van der Waals surface area contributed by atoms with Gasteiger partial charge in [0.1, 0.15) is 10.8 Å². The fourth-order valence-corrected chi connectivity index (χ4v) is 2.39. The number of benzene rings is 2. The van der Waals surface area contributed by atoms with Gasteiger partial charge in [-0.1, -0.05) is 48.6 Å². The molecule has 2 aromatic carbocycles. The van der Waals surface area contributed by atoms with E-state index in [9.17, 15) is 0 Å². The van der Waals surface area contributed by atoms with Crippen molar-refractivity contribution in [3.05, 3.63) is 66.2 Å². The molecular formula is C16H15N5S. The Kier molecular flexibility index (Phi) is 3.76. The van der Waals surface area contributed by atoms with Gasteiger partial charge in [0, 0.05) is 5.69 Å². The number of rotatable bonds is 4. The zero-order valence-corrected chi connectivity index (χ0v) is 12.5. The van der Waals surface area contributed by atoms with E-state index in [-0.39, 0.29) is 4.99 Å². The summed E-state index contributed by atoms with van der Waals surface area (Å²) in [4.78, 5) is 0.207. The number of nitrogens with one attached hydrogen (secondary N) is 1. The molecule has 0 aliphatic heterocycles. The maximum absolute atomic E-state index is 6.18. The summed E-state index contributed by atoms with van der Waals surface area (Å²) in [5.41, 5.74) is 14.3. The van der Waals surface area contributed by atoms with Crippen molar-refractivity contribution < 1.29 is 0 Å². The first kappa shape index (κ1) is 14.1. The first-order chi connectivity index (χ1) is 10.7. The van der Waals surface area contributed by atoms with Crippen LogP contribution in [0.3, 0.4) is 0 Å². The molecule has 0 atom stereocenters. The highest BCUT2D eigenvalue weighted by molar-refractivity contribution is 7.80. The van der Waals surface area contributed by atoms with Crippen LogP contribution in [0, 0.1) is 0 Å². The van der Waals surface area contributed by atoms with Gasteiger partial charge in [0.2, 0.25) is 0 Å². The van der Waals surface area contributed by atoms with Crippen LogP contribution < -0.4 is 16.8 Å². The standard InChI is InChI=1S/C16H15N5S/c17-14-13(15(18)22)16(19-11-7-3-1-4-8-11)20-21(14)12-9-5-2-6-10-12/h1-10H,17H2,(H2,18,22)(H,19,20). The van der Waals surface area contributed by atoms with Gasteiger partial charge in [0.15, 0.2) is 5.82 Å². The van der Waals surface area contributed by atoms with Gasteiger partial charge in [-0.3, -0.25) is 0 Å². The number of hydrogen-bond acceptors (Lipinski definition) is 4. The lowest BCUT2D eigenvalue weighted by atomic mass is 10.2. The molecule has 3 rings (SSSR count). The van der Waals surface area contributed by atoms with Gasteiger partial charge < -0.3 is 16.8 Å². The summed E-state index contributed by atoms with van der Waals surface area (Å²) >= 11 is 5.12. The smallest absolute Gasteiger partial charge is 0.165 e. The quantitative estimate of drug-likeness (QED) is 0.646. The minimum Gasteiger partial charge on any atom is -0.389 e. The predicted molar refractivity (Wildman–Crippen MR) is 93.6 cm³/mol. The molecule has 0 aliphatic rings. The minimum atomic E-state index is 0.207. The lowest BCUT2D eigenvalue weighted by molar-refractivity contribution is 0.895. The highest BCUT2D eigenvalue weighted by Gasteiger charge is 2.18. The molecule has 0 spiro atoms. The Labute approximate surface area is 133 Å². The van der Waals surface area contributed by atoms with Crippen molar-refractivity contribution in [2.24, 2.45) is 5.73 Å². The van der Waals surface area contributed by atoms with E-state index in [4.69, 9.17) is 23.7 Å². The van der Waals surface area contributed by atoms with Gasteiger partial charge in [0.05, 0.1) is 11.3 Å². The summed E-state index contributed by atoms with van der Waals surface area (Å²) < 4.78 is 1.62. The van der Waals surface area contributed by atoms with E-state index in [0.29, 0.717) is 17.2 Å². The fourth-order valence-electron chi connectivity index (χ4n) is 2.19. The van der Waals surface area contributed by atoms with Gasteiger partial charge in [-0.05, 0) is 24.3 Å². The van der Waals surface area contributed by atoms with Crippen LogP contribution in [0.1, 0.15) is 5.56 Å². The molecule has 0 aliphatic carbocycles. The predicted octanol–water partition coefficient (Wildman–Crippen LogP) is 2.83. The first-order valence-electron chi connectivity index (χ1n) is 6.72. The monoisotopic (exact) mass is 309 g/mol. The topological polar surface area (TPSA) is 81.9 Å². The van der Waals surface area contributed by atoms with Crippen molar-refractivity contribution in [1.29, 1.82) is 0 Å². The number of nitrogen functional groups attached to an aromatic ring is 1. The Morgan fingerprint density at radius 1 is 1.00 bits per heavy atom. The van der Waals surface area contributed by atoms with E-state index in [1.165, 1.54) is 0 Å². The van der Waals surface area contributed by atoms with Crippen LogP contribution in [0.4, 0.5) is 17.3 Å². The van der Waals surface area contributed by atoms with Gasteiger partial charge in [-0.15, -0.1) is 5.10 Å². The Hall–Kier alpha value is -2.86. The van der Waals surface area contributed by atoms with Gasteiger partial charge in [0.25, 0.3) is 0 Å². The molecule has 1 heterocycles. The molecule has 3 aromatic rings. The van der Waals surface area contributed by atoms with Crippen LogP contribution in [0.2, 0.25) is 0 Å². The molecule has 0 bridgehead atoms. The lowest BCUT2D eigenvalue weighted by Gasteiger charge is -2.04. The number of thiocarbonyl (C=S) groups is 1. The summed E-state index contributed by atoms with van der Waals surface area (Å²) in [5.74, 6) is 0.956. The van der Waals surface area contributed by atoms with Gasteiger partial charge >= 0.3 is 0 Å². The van der Waals surface area contributed by atoms with Crippen LogP contribution in [0.5, 0.6) is 0 Å². The van der Waals surface area contributed by atoms with Gasteiger partial charge in [-0.25, -0.2) is 4.68 Å². The minimum absolute atomic E-state index is 0.207. The van der Waals surface area contributed by atoms with E-state index >= 15 is 0 Å². The number of nitrogens with zero attached hydrogens (tertiary/aromatic N) is 2. The van der Waals surface area contributed by atoms with Crippen molar-refractivity contribution >= 4 is 34.5 Å². The lowest BCUT2D eigenvalue weighted by Crippen LogP contribution is -2.13. The van der Waals surface area contributed by atoms with Crippen molar-refractivity contribution in [3.63, 3.8) is 0 Å². The van der Waals surface area contributed by atoms with Crippen LogP contribution in [0.25, 0.3) is 5.69 Å². The molecule has 0 amide bonds. The molecule has 0 unspecified atom stereocenters. The van der Waals surface area contributed by atoms with E-state index < -0.39 is 0 Å². The number of nitrogens with two attached hydrogens (primary N) is 2. The molecule has 110 valence electrons. The van der Waals surface area contributed by atoms with E-state index in [2.05, 4.69) is 10.4 Å². The van der Waals surface area contributed by atoms with Crippen molar-refractivity contribution in [2.45, 2.75) is 0 Å². The molecule has 5 N–H and O–H groups in total. The van der Waals surface area contributed by atoms with Crippen LogP contribution in [-0.4, -0.2) is 14.8 Å². The third-order valence-electron chi connectivity index (χ3n) is 3.20. The van der Waals surface area contributed by atoms with E-state index in [1.807, 2.05) is 60.7 Å². The highest BCUT2D eigenvalue weighted by Crippen LogP contribution is 2.27. The van der Waals surface area contributed by atoms with E-state index in [1.54, 1.807) is 4.68 Å². The number of hydrogen-bond donors (Lipinski definition) is 3. The third-order valence-corrected chi connectivity index (χ3v) is 3.41. The van der Waals surface area contributed by atoms with Crippen molar-refractivity contribution in [3.8, 4) is 5.69 Å². The summed E-state index contributed by atoms with van der Waals surface area (Å²) in [7, 11) is 0. The summed E-state index contributed by atoms with van der Waals surface area (Å²) in [6.07, 6.45) is 0. The zero-order chi connectivity index (χ0) is 15.5. The molecule has 6 heteroatoms. The molecule has 0 saturated carbocycles. The van der Waals surface area contributed by atoms with Crippen LogP contribution in [0.15, 0.2) is 60.7 Å².